The van der Waals surface area contributed by atoms with Gasteiger partial charge in [0.15, 0.2) is 5.16 Å². The van der Waals surface area contributed by atoms with Gasteiger partial charge in [-0.2, -0.15) is 0 Å². The molecule has 0 fully saturated rings. The molecule has 32 heavy (non-hydrogen) atoms. The number of rotatable bonds is 8. The van der Waals surface area contributed by atoms with Crippen molar-refractivity contribution in [2.24, 2.45) is 0 Å². The summed E-state index contributed by atoms with van der Waals surface area (Å²) in [4.78, 5) is 43.1. The molecule has 0 aliphatic carbocycles. The molecule has 0 unspecified atom stereocenters. The fourth-order valence-electron chi connectivity index (χ4n) is 3.03. The molecule has 0 bridgehead atoms. The second kappa shape index (κ2) is 9.84. The van der Waals surface area contributed by atoms with Gasteiger partial charge in [0, 0.05) is 4.88 Å². The van der Waals surface area contributed by atoms with E-state index in [9.17, 15) is 14.4 Å². The topological polar surface area (TPSA) is 103 Å². The first-order valence-corrected chi connectivity index (χ1v) is 11.5. The Morgan fingerprint density at radius 3 is 2.84 bits per heavy atom. The number of hydrogen-bond donors (Lipinski definition) is 1. The van der Waals surface area contributed by atoms with Gasteiger partial charge in [0.2, 0.25) is 5.91 Å². The van der Waals surface area contributed by atoms with Crippen LogP contribution in [-0.4, -0.2) is 34.3 Å². The molecule has 1 N–H and O–H groups in total. The molecule has 3 aromatic heterocycles. The van der Waals surface area contributed by atoms with Crippen molar-refractivity contribution in [1.82, 2.24) is 14.9 Å². The van der Waals surface area contributed by atoms with Crippen LogP contribution >= 0.6 is 23.1 Å². The highest BCUT2D eigenvalue weighted by atomic mass is 32.2. The van der Waals surface area contributed by atoms with Gasteiger partial charge in [0.1, 0.15) is 5.76 Å². The number of thiophene rings is 1. The second-order valence-corrected chi connectivity index (χ2v) is 8.71. The Morgan fingerprint density at radius 1 is 1.25 bits per heavy atom. The molecule has 0 aliphatic rings. The van der Waals surface area contributed by atoms with E-state index in [1.54, 1.807) is 29.5 Å². The summed E-state index contributed by atoms with van der Waals surface area (Å²) in [6.45, 7) is 0.622. The van der Waals surface area contributed by atoms with Crippen molar-refractivity contribution in [3.63, 3.8) is 0 Å². The maximum atomic E-state index is 13.2. The summed E-state index contributed by atoms with van der Waals surface area (Å²) in [7, 11) is 1.29. The predicted octanol–water partition coefficient (Wildman–Crippen LogP) is 3.29. The van der Waals surface area contributed by atoms with Crippen molar-refractivity contribution in [2.45, 2.75) is 18.2 Å². The fraction of sp³-hybridized carbons (Fsp3) is 0.182. The van der Waals surface area contributed by atoms with Gasteiger partial charge in [-0.3, -0.25) is 14.2 Å². The Morgan fingerprint density at radius 2 is 2.12 bits per heavy atom. The van der Waals surface area contributed by atoms with E-state index in [1.807, 2.05) is 17.5 Å². The molecule has 164 valence electrons. The SMILES string of the molecule is COC(=O)c1ccc2c(=O)n(Cc3ccco3)c(SCC(=O)NCc3cccs3)nc2c1. The van der Waals surface area contributed by atoms with Crippen LogP contribution in [0.2, 0.25) is 0 Å². The Balaban J connectivity index is 1.63. The Bertz CT molecular complexity index is 1300. The third kappa shape index (κ3) is 4.92. The smallest absolute Gasteiger partial charge is 0.337 e. The molecule has 8 nitrogen and oxygen atoms in total. The third-order valence-electron chi connectivity index (χ3n) is 4.61. The number of nitrogens with one attached hydrogen (secondary N) is 1. The van der Waals surface area contributed by atoms with E-state index in [-0.39, 0.29) is 23.8 Å². The number of nitrogens with zero attached hydrogens (tertiary/aromatic N) is 2. The lowest BCUT2D eigenvalue weighted by Crippen LogP contribution is -2.27. The highest BCUT2D eigenvalue weighted by Crippen LogP contribution is 2.20. The highest BCUT2D eigenvalue weighted by molar-refractivity contribution is 7.99. The summed E-state index contributed by atoms with van der Waals surface area (Å²) in [6, 6.07) is 12.0. The molecule has 3 heterocycles. The number of fused-ring (bicyclic) bond motifs is 1. The van der Waals surface area contributed by atoms with Crippen molar-refractivity contribution in [3.8, 4) is 0 Å². The molecule has 10 heteroatoms. The highest BCUT2D eigenvalue weighted by Gasteiger charge is 2.16. The van der Waals surface area contributed by atoms with E-state index >= 15 is 0 Å². The average Bonchev–Trinajstić information content (AvgIpc) is 3.51. The first-order valence-electron chi connectivity index (χ1n) is 9.62. The number of amides is 1. The Labute approximate surface area is 191 Å². The monoisotopic (exact) mass is 469 g/mol. The van der Waals surface area contributed by atoms with Crippen LogP contribution in [-0.2, 0) is 22.6 Å². The van der Waals surface area contributed by atoms with Crippen LogP contribution in [0.4, 0.5) is 0 Å². The number of furan rings is 1. The number of benzene rings is 1. The van der Waals surface area contributed by atoms with Crippen LogP contribution in [0.1, 0.15) is 21.0 Å². The van der Waals surface area contributed by atoms with E-state index in [1.165, 1.54) is 30.1 Å². The van der Waals surface area contributed by atoms with Gasteiger partial charge in [-0.05, 0) is 41.8 Å². The van der Waals surface area contributed by atoms with Gasteiger partial charge >= 0.3 is 5.97 Å². The van der Waals surface area contributed by atoms with Crippen molar-refractivity contribution in [3.05, 3.63) is 80.7 Å². The van der Waals surface area contributed by atoms with Gasteiger partial charge in [-0.15, -0.1) is 11.3 Å². The maximum Gasteiger partial charge on any atom is 0.337 e. The molecule has 0 saturated carbocycles. The molecule has 4 rings (SSSR count). The number of carbonyl (C=O) groups is 2. The largest absolute Gasteiger partial charge is 0.467 e. The Hall–Kier alpha value is -3.37. The third-order valence-corrected chi connectivity index (χ3v) is 6.46. The first-order chi connectivity index (χ1) is 15.5. The number of ether oxygens (including phenoxy) is 1. The van der Waals surface area contributed by atoms with Crippen molar-refractivity contribution >= 4 is 45.9 Å². The van der Waals surface area contributed by atoms with Crippen LogP contribution < -0.4 is 10.9 Å². The molecule has 0 aliphatic heterocycles. The van der Waals surface area contributed by atoms with Gasteiger partial charge in [-0.25, -0.2) is 9.78 Å². The quantitative estimate of drug-likeness (QED) is 0.240. The van der Waals surface area contributed by atoms with Crippen LogP contribution in [0, 0.1) is 0 Å². The van der Waals surface area contributed by atoms with E-state index < -0.39 is 5.97 Å². The minimum atomic E-state index is -0.518. The zero-order chi connectivity index (χ0) is 22.5. The van der Waals surface area contributed by atoms with E-state index in [0.29, 0.717) is 33.9 Å². The summed E-state index contributed by atoms with van der Waals surface area (Å²) >= 11 is 2.71. The molecule has 0 spiro atoms. The van der Waals surface area contributed by atoms with Crippen molar-refractivity contribution in [1.29, 1.82) is 0 Å². The van der Waals surface area contributed by atoms with E-state index in [4.69, 9.17) is 9.15 Å². The van der Waals surface area contributed by atoms with Gasteiger partial charge in [-0.1, -0.05) is 17.8 Å². The molecule has 0 saturated heterocycles. The number of hydrogen-bond acceptors (Lipinski definition) is 8. The number of aromatic nitrogens is 2. The molecule has 1 amide bonds. The summed E-state index contributed by atoms with van der Waals surface area (Å²) in [5, 5.41) is 5.52. The molecule has 1 aromatic carbocycles. The maximum absolute atomic E-state index is 13.2. The van der Waals surface area contributed by atoms with Crippen LogP contribution in [0.5, 0.6) is 0 Å². The second-order valence-electron chi connectivity index (χ2n) is 6.73. The zero-order valence-electron chi connectivity index (χ0n) is 17.1. The summed E-state index contributed by atoms with van der Waals surface area (Å²) < 4.78 is 11.6. The van der Waals surface area contributed by atoms with Crippen molar-refractivity contribution < 1.29 is 18.7 Å². The molecule has 4 aromatic rings. The lowest BCUT2D eigenvalue weighted by Gasteiger charge is -2.12. The minimum Gasteiger partial charge on any atom is -0.467 e. The summed E-state index contributed by atoms with van der Waals surface area (Å²) in [5.41, 5.74) is 0.361. The zero-order valence-corrected chi connectivity index (χ0v) is 18.7. The molecule has 0 radical (unpaired) electrons. The van der Waals surface area contributed by atoms with E-state index in [2.05, 4.69) is 10.3 Å². The number of methoxy groups -OCH3 is 1. The number of carbonyl (C=O) groups excluding carboxylic acids is 2. The summed E-state index contributed by atoms with van der Waals surface area (Å²) in [6.07, 6.45) is 1.53. The lowest BCUT2D eigenvalue weighted by molar-refractivity contribution is -0.118. The predicted molar refractivity (Wildman–Crippen MR) is 122 cm³/mol. The Kier molecular flexibility index (Phi) is 6.72. The normalized spacial score (nSPS) is 10.9. The van der Waals surface area contributed by atoms with Crippen LogP contribution in [0.3, 0.4) is 0 Å². The van der Waals surface area contributed by atoms with E-state index in [0.717, 1.165) is 16.6 Å². The number of esters is 1. The molecule has 0 atom stereocenters. The summed E-state index contributed by atoms with van der Waals surface area (Å²) in [5.74, 6) is -0.0253. The standard InChI is InChI=1S/C22H19N3O5S2/c1-29-21(28)14-6-7-17-18(10-14)24-22(25(20(17)27)12-15-4-2-8-30-15)32-13-19(26)23-11-16-5-3-9-31-16/h2-10H,11-13H2,1H3,(H,23,26). The van der Waals surface area contributed by atoms with Crippen LogP contribution in [0.15, 0.2) is 68.5 Å². The molecular formula is C22H19N3O5S2. The fourth-order valence-corrected chi connectivity index (χ4v) is 4.51. The molecular weight excluding hydrogens is 450 g/mol. The van der Waals surface area contributed by atoms with Gasteiger partial charge in [0.25, 0.3) is 5.56 Å². The lowest BCUT2D eigenvalue weighted by atomic mass is 10.1. The van der Waals surface area contributed by atoms with Gasteiger partial charge < -0.3 is 14.5 Å². The van der Waals surface area contributed by atoms with Gasteiger partial charge in [0.05, 0.1) is 48.7 Å². The van der Waals surface area contributed by atoms with Crippen LogP contribution in [0.25, 0.3) is 10.9 Å². The minimum absolute atomic E-state index is 0.0815. The average molecular weight is 470 g/mol. The number of thioether (sulfide) groups is 1. The van der Waals surface area contributed by atoms with Crippen molar-refractivity contribution in [2.75, 3.05) is 12.9 Å². The first kappa shape index (κ1) is 21.8.